The molecule has 2 aromatic carbocycles. The second kappa shape index (κ2) is 7.46. The van der Waals surface area contributed by atoms with Crippen LogP contribution in [-0.4, -0.2) is 39.6 Å². The molecule has 1 aliphatic rings. The Bertz CT molecular complexity index is 1060. The quantitative estimate of drug-likeness (QED) is 0.704. The highest BCUT2D eigenvalue weighted by molar-refractivity contribution is 5.97. The Balaban J connectivity index is 1.42. The molecule has 0 spiro atoms. The molecule has 0 saturated carbocycles. The number of fused-ring (bicyclic) bond motifs is 1. The predicted octanol–water partition coefficient (Wildman–Crippen LogP) is 2.93. The van der Waals surface area contributed by atoms with Gasteiger partial charge in [0.2, 0.25) is 0 Å². The van der Waals surface area contributed by atoms with Crippen LogP contribution in [0.25, 0.3) is 10.9 Å². The Morgan fingerprint density at radius 2 is 1.82 bits per heavy atom. The molecule has 0 unspecified atom stereocenters. The van der Waals surface area contributed by atoms with E-state index in [1.807, 2.05) is 36.1 Å². The molecule has 144 valence electrons. The first-order valence-electron chi connectivity index (χ1n) is 9.49. The minimum atomic E-state index is -0.113. The summed E-state index contributed by atoms with van der Waals surface area (Å²) in [6.07, 6.45) is 3.19. The van der Waals surface area contributed by atoms with Gasteiger partial charge in [-0.2, -0.15) is 0 Å². The van der Waals surface area contributed by atoms with Crippen molar-refractivity contribution in [1.29, 1.82) is 0 Å². The van der Waals surface area contributed by atoms with Crippen LogP contribution in [0.1, 0.15) is 28.8 Å². The van der Waals surface area contributed by atoms with Crippen molar-refractivity contribution in [2.75, 3.05) is 13.1 Å². The summed E-state index contributed by atoms with van der Waals surface area (Å²) in [6, 6.07) is 13.1. The Labute approximate surface area is 163 Å². The highest BCUT2D eigenvalue weighted by Crippen LogP contribution is 2.21. The van der Waals surface area contributed by atoms with E-state index in [0.29, 0.717) is 29.6 Å². The normalized spacial score (nSPS) is 15.0. The number of rotatable bonds is 3. The number of hydrogen-bond donors (Lipinski definition) is 0. The van der Waals surface area contributed by atoms with Crippen molar-refractivity contribution < 1.29 is 9.53 Å². The van der Waals surface area contributed by atoms with Crippen molar-refractivity contribution in [3.8, 4) is 5.75 Å². The van der Waals surface area contributed by atoms with Crippen LogP contribution < -0.4 is 10.3 Å². The van der Waals surface area contributed by atoms with Crippen LogP contribution in [0.4, 0.5) is 0 Å². The second-order valence-corrected chi connectivity index (χ2v) is 7.32. The maximum Gasteiger partial charge on any atom is 0.260 e. The first kappa shape index (κ1) is 18.2. The summed E-state index contributed by atoms with van der Waals surface area (Å²) in [6.45, 7) is 3.35. The van der Waals surface area contributed by atoms with Gasteiger partial charge in [0.15, 0.2) is 0 Å². The van der Waals surface area contributed by atoms with Gasteiger partial charge in [0.05, 0.1) is 17.2 Å². The second-order valence-electron chi connectivity index (χ2n) is 7.32. The zero-order chi connectivity index (χ0) is 19.7. The van der Waals surface area contributed by atoms with E-state index in [4.69, 9.17) is 4.74 Å². The highest BCUT2D eigenvalue weighted by Gasteiger charge is 2.25. The number of ether oxygens (including phenoxy) is 1. The molecule has 6 nitrogen and oxygen atoms in total. The summed E-state index contributed by atoms with van der Waals surface area (Å²) in [7, 11) is 1.66. The molecule has 6 heteroatoms. The lowest BCUT2D eigenvalue weighted by Gasteiger charge is -2.32. The first-order chi connectivity index (χ1) is 13.5. The largest absolute Gasteiger partial charge is 0.490 e. The van der Waals surface area contributed by atoms with Gasteiger partial charge >= 0.3 is 0 Å². The van der Waals surface area contributed by atoms with E-state index in [1.165, 1.54) is 16.5 Å². The number of hydrogen-bond acceptors (Lipinski definition) is 4. The van der Waals surface area contributed by atoms with Gasteiger partial charge in [-0.15, -0.1) is 0 Å². The van der Waals surface area contributed by atoms with Gasteiger partial charge in [0, 0.05) is 38.5 Å². The maximum atomic E-state index is 12.9. The Morgan fingerprint density at radius 3 is 2.54 bits per heavy atom. The van der Waals surface area contributed by atoms with Gasteiger partial charge in [-0.25, -0.2) is 4.98 Å². The van der Waals surface area contributed by atoms with E-state index in [-0.39, 0.29) is 17.6 Å². The van der Waals surface area contributed by atoms with Crippen LogP contribution in [0.5, 0.6) is 5.75 Å². The van der Waals surface area contributed by atoms with E-state index in [0.717, 1.165) is 18.6 Å². The third-order valence-electron chi connectivity index (χ3n) is 5.22. The summed E-state index contributed by atoms with van der Waals surface area (Å²) in [5.74, 6) is 0.843. The minimum absolute atomic E-state index is 0.0295. The molecule has 4 rings (SSSR count). The van der Waals surface area contributed by atoms with Crippen molar-refractivity contribution in [2.24, 2.45) is 7.05 Å². The van der Waals surface area contributed by atoms with E-state index >= 15 is 0 Å². The van der Waals surface area contributed by atoms with Gasteiger partial charge in [0.1, 0.15) is 11.9 Å². The van der Waals surface area contributed by atoms with Crippen molar-refractivity contribution in [2.45, 2.75) is 25.9 Å². The van der Waals surface area contributed by atoms with E-state index < -0.39 is 0 Å². The number of amides is 1. The summed E-state index contributed by atoms with van der Waals surface area (Å²) >= 11 is 0. The standard InChI is InChI=1S/C22H23N3O3/c1-15-3-6-17(7-4-15)28-18-9-11-25(12-10-18)21(26)16-5-8-19-20(13-16)23-14-24(2)22(19)27/h3-8,13-14,18H,9-12H2,1-2H3. The topological polar surface area (TPSA) is 64.4 Å². The van der Waals surface area contributed by atoms with Gasteiger partial charge in [-0.05, 0) is 37.3 Å². The zero-order valence-corrected chi connectivity index (χ0v) is 16.1. The third-order valence-corrected chi connectivity index (χ3v) is 5.22. The lowest BCUT2D eigenvalue weighted by atomic mass is 10.1. The number of aryl methyl sites for hydroxylation is 2. The first-order valence-corrected chi connectivity index (χ1v) is 9.49. The van der Waals surface area contributed by atoms with Gasteiger partial charge in [0.25, 0.3) is 11.5 Å². The molecular weight excluding hydrogens is 354 g/mol. The molecule has 1 fully saturated rings. The number of nitrogens with zero attached hydrogens (tertiary/aromatic N) is 3. The van der Waals surface area contributed by atoms with Crippen LogP contribution in [0.2, 0.25) is 0 Å². The molecule has 1 saturated heterocycles. The maximum absolute atomic E-state index is 12.9. The predicted molar refractivity (Wildman–Crippen MR) is 108 cm³/mol. The molecule has 1 aliphatic heterocycles. The fraction of sp³-hybridized carbons (Fsp3) is 0.318. The number of likely N-dealkylation sites (tertiary alicyclic amines) is 1. The summed E-state index contributed by atoms with van der Waals surface area (Å²) in [5.41, 5.74) is 2.20. The number of aromatic nitrogens is 2. The lowest BCUT2D eigenvalue weighted by molar-refractivity contribution is 0.0595. The molecule has 28 heavy (non-hydrogen) atoms. The SMILES string of the molecule is Cc1ccc(OC2CCN(C(=O)c3ccc4c(=O)n(C)cnc4c3)CC2)cc1. The van der Waals surface area contributed by atoms with Crippen LogP contribution in [0, 0.1) is 6.92 Å². The number of piperidine rings is 1. The van der Waals surface area contributed by atoms with Crippen molar-refractivity contribution in [3.05, 3.63) is 70.3 Å². The molecule has 1 aromatic heterocycles. The van der Waals surface area contributed by atoms with Crippen LogP contribution in [-0.2, 0) is 7.05 Å². The van der Waals surface area contributed by atoms with E-state index in [2.05, 4.69) is 4.98 Å². The molecule has 1 amide bonds. The summed E-state index contributed by atoms with van der Waals surface area (Å²) < 4.78 is 7.47. The van der Waals surface area contributed by atoms with Gasteiger partial charge in [-0.3, -0.25) is 9.59 Å². The fourth-order valence-corrected chi connectivity index (χ4v) is 3.51. The van der Waals surface area contributed by atoms with Crippen LogP contribution >= 0.6 is 0 Å². The highest BCUT2D eigenvalue weighted by atomic mass is 16.5. The molecular formula is C22H23N3O3. The summed E-state index contributed by atoms with van der Waals surface area (Å²) in [4.78, 5) is 31.1. The van der Waals surface area contributed by atoms with Crippen LogP contribution in [0.3, 0.4) is 0 Å². The van der Waals surface area contributed by atoms with Crippen LogP contribution in [0.15, 0.2) is 53.6 Å². The fourth-order valence-electron chi connectivity index (χ4n) is 3.51. The zero-order valence-electron chi connectivity index (χ0n) is 16.1. The molecule has 0 N–H and O–H groups in total. The number of carbonyl (C=O) groups excluding carboxylic acids is 1. The number of carbonyl (C=O) groups is 1. The van der Waals surface area contributed by atoms with E-state index in [1.54, 1.807) is 25.2 Å². The minimum Gasteiger partial charge on any atom is -0.490 e. The molecule has 0 radical (unpaired) electrons. The van der Waals surface area contributed by atoms with Gasteiger partial charge in [-0.1, -0.05) is 17.7 Å². The smallest absolute Gasteiger partial charge is 0.260 e. The lowest BCUT2D eigenvalue weighted by Crippen LogP contribution is -2.41. The average molecular weight is 377 g/mol. The Morgan fingerprint density at radius 1 is 1.11 bits per heavy atom. The Kier molecular flexibility index (Phi) is 4.86. The van der Waals surface area contributed by atoms with E-state index in [9.17, 15) is 9.59 Å². The Hall–Kier alpha value is -3.15. The summed E-state index contributed by atoms with van der Waals surface area (Å²) in [5, 5.41) is 0.520. The molecule has 3 aromatic rings. The van der Waals surface area contributed by atoms with Gasteiger partial charge < -0.3 is 14.2 Å². The van der Waals surface area contributed by atoms with Crippen molar-refractivity contribution >= 4 is 16.8 Å². The van der Waals surface area contributed by atoms with Crippen molar-refractivity contribution in [1.82, 2.24) is 14.5 Å². The molecule has 0 atom stereocenters. The van der Waals surface area contributed by atoms with Crippen molar-refractivity contribution in [3.63, 3.8) is 0 Å². The third kappa shape index (κ3) is 3.63. The molecule has 0 aliphatic carbocycles. The monoisotopic (exact) mass is 377 g/mol. The molecule has 0 bridgehead atoms. The average Bonchev–Trinajstić information content (AvgIpc) is 2.72. The number of benzene rings is 2. The molecule has 2 heterocycles.